The predicted molar refractivity (Wildman–Crippen MR) is 94.9 cm³/mol. The first kappa shape index (κ1) is 21.2. The zero-order chi connectivity index (χ0) is 19.0. The van der Waals surface area contributed by atoms with Gasteiger partial charge in [0.05, 0.1) is 28.3 Å². The van der Waals surface area contributed by atoms with Crippen LogP contribution in [0.1, 0.15) is 60.2 Å². The van der Waals surface area contributed by atoms with E-state index in [9.17, 15) is 24.9 Å². The first-order chi connectivity index (χ1) is 11.8. The van der Waals surface area contributed by atoms with Crippen LogP contribution in [-0.4, -0.2) is 46.6 Å². The molecular weight excluding hydrogens is 396 g/mol. The Hall–Kier alpha value is -1.80. The molecule has 0 heterocycles. The van der Waals surface area contributed by atoms with Crippen LogP contribution < -0.4 is 9.47 Å². The van der Waals surface area contributed by atoms with E-state index in [2.05, 4.69) is 22.9 Å². The minimum atomic E-state index is -1.40. The molecule has 0 aliphatic rings. The number of hydrogen-bond acceptors (Lipinski definition) is 5. The number of aliphatic hydroxyl groups is 1. The van der Waals surface area contributed by atoms with E-state index in [1.807, 2.05) is 0 Å². The molecule has 1 rings (SSSR count). The van der Waals surface area contributed by atoms with E-state index in [-0.39, 0.29) is 22.6 Å². The summed E-state index contributed by atoms with van der Waals surface area (Å²) in [7, 11) is 0. The standard InChI is InChI=1S/C17H23BrO7/c1-3-4-5-6-7-24-12-8-11(16(20)21)13(17(22)23)14(18)15(12)25-9-10(2)19/h8,10,19H,3-7,9H2,1-2H3,(H,20,21)(H,22,23). The highest BCUT2D eigenvalue weighted by molar-refractivity contribution is 9.10. The highest BCUT2D eigenvalue weighted by Gasteiger charge is 2.26. The van der Waals surface area contributed by atoms with Gasteiger partial charge in [-0.3, -0.25) is 0 Å². The van der Waals surface area contributed by atoms with Gasteiger partial charge < -0.3 is 24.8 Å². The van der Waals surface area contributed by atoms with Gasteiger partial charge >= 0.3 is 11.9 Å². The summed E-state index contributed by atoms with van der Waals surface area (Å²) in [4.78, 5) is 22.8. The van der Waals surface area contributed by atoms with Gasteiger partial charge in [-0.25, -0.2) is 9.59 Å². The number of benzene rings is 1. The molecule has 8 heteroatoms. The van der Waals surface area contributed by atoms with Crippen molar-refractivity contribution in [3.63, 3.8) is 0 Å². The fourth-order valence-corrected chi connectivity index (χ4v) is 2.84. The maximum Gasteiger partial charge on any atom is 0.337 e. The summed E-state index contributed by atoms with van der Waals surface area (Å²) in [6.07, 6.45) is 3.11. The second kappa shape index (κ2) is 10.2. The Bertz CT molecular complexity index is 614. The Morgan fingerprint density at radius 2 is 1.84 bits per heavy atom. The summed E-state index contributed by atoms with van der Waals surface area (Å²) in [5, 5.41) is 28.0. The third-order valence-electron chi connectivity index (χ3n) is 3.36. The third kappa shape index (κ3) is 6.21. The summed E-state index contributed by atoms with van der Waals surface area (Å²) in [5.74, 6) is -2.58. The average Bonchev–Trinajstić information content (AvgIpc) is 2.52. The second-order valence-electron chi connectivity index (χ2n) is 5.62. The molecule has 0 aliphatic carbocycles. The van der Waals surface area contributed by atoms with Gasteiger partial charge in [0, 0.05) is 0 Å². The summed E-state index contributed by atoms with van der Waals surface area (Å²) < 4.78 is 11.1. The number of carbonyl (C=O) groups is 2. The molecule has 140 valence electrons. The average molecular weight is 419 g/mol. The quantitative estimate of drug-likeness (QED) is 0.470. The molecule has 0 radical (unpaired) electrons. The number of unbranched alkanes of at least 4 members (excludes halogenated alkanes) is 3. The third-order valence-corrected chi connectivity index (χ3v) is 4.11. The van der Waals surface area contributed by atoms with Crippen LogP contribution in [0.5, 0.6) is 11.5 Å². The Morgan fingerprint density at radius 1 is 1.16 bits per heavy atom. The Morgan fingerprint density at radius 3 is 2.36 bits per heavy atom. The van der Waals surface area contributed by atoms with E-state index in [1.165, 1.54) is 6.92 Å². The van der Waals surface area contributed by atoms with Crippen molar-refractivity contribution < 1.29 is 34.4 Å². The first-order valence-electron chi connectivity index (χ1n) is 8.06. The minimum absolute atomic E-state index is 0.0240. The molecule has 1 aromatic rings. The van der Waals surface area contributed by atoms with Gasteiger partial charge in [0.15, 0.2) is 11.5 Å². The maximum atomic E-state index is 11.4. The summed E-state index contributed by atoms with van der Waals surface area (Å²) >= 11 is 3.11. The lowest BCUT2D eigenvalue weighted by Crippen LogP contribution is -2.16. The van der Waals surface area contributed by atoms with Gasteiger partial charge in [-0.05, 0) is 35.3 Å². The molecule has 0 fully saturated rings. The monoisotopic (exact) mass is 418 g/mol. The fourth-order valence-electron chi connectivity index (χ4n) is 2.14. The summed E-state index contributed by atoms with van der Waals surface area (Å²) in [6.45, 7) is 3.87. The van der Waals surface area contributed by atoms with Crippen LogP contribution in [0.2, 0.25) is 0 Å². The van der Waals surface area contributed by atoms with Crippen molar-refractivity contribution in [2.24, 2.45) is 0 Å². The summed E-state index contributed by atoms with van der Waals surface area (Å²) in [5.41, 5.74) is -0.821. The van der Waals surface area contributed by atoms with E-state index in [0.717, 1.165) is 31.7 Å². The lowest BCUT2D eigenvalue weighted by atomic mass is 10.1. The van der Waals surface area contributed by atoms with Crippen LogP contribution in [0.25, 0.3) is 0 Å². The fraction of sp³-hybridized carbons (Fsp3) is 0.529. The number of aliphatic hydroxyl groups excluding tert-OH is 1. The number of hydrogen-bond donors (Lipinski definition) is 3. The van der Waals surface area contributed by atoms with E-state index < -0.39 is 29.2 Å². The predicted octanol–water partition coefficient (Wildman–Crippen LogP) is 3.56. The molecule has 25 heavy (non-hydrogen) atoms. The van der Waals surface area contributed by atoms with Crippen LogP contribution >= 0.6 is 15.9 Å². The normalized spacial score (nSPS) is 11.8. The first-order valence-corrected chi connectivity index (χ1v) is 8.85. The Labute approximate surface area is 154 Å². The lowest BCUT2D eigenvalue weighted by Gasteiger charge is -2.18. The van der Waals surface area contributed by atoms with E-state index in [4.69, 9.17) is 9.47 Å². The van der Waals surface area contributed by atoms with Gasteiger partial charge in [0.25, 0.3) is 0 Å². The van der Waals surface area contributed by atoms with Crippen molar-refractivity contribution in [2.45, 2.75) is 45.6 Å². The molecule has 0 aromatic heterocycles. The Kier molecular flexibility index (Phi) is 8.71. The molecular formula is C17H23BrO7. The van der Waals surface area contributed by atoms with Crippen LogP contribution in [0.3, 0.4) is 0 Å². The van der Waals surface area contributed by atoms with Crippen molar-refractivity contribution in [3.05, 3.63) is 21.7 Å². The zero-order valence-corrected chi connectivity index (χ0v) is 15.8. The molecule has 0 bridgehead atoms. The number of carboxylic acids is 2. The van der Waals surface area contributed by atoms with Gasteiger partial charge in [-0.15, -0.1) is 0 Å². The molecule has 1 unspecified atom stereocenters. The number of rotatable bonds is 11. The molecule has 0 aliphatic heterocycles. The second-order valence-corrected chi connectivity index (χ2v) is 6.41. The SMILES string of the molecule is CCCCCCOc1cc(C(=O)O)c(C(=O)O)c(Br)c1OCC(C)O. The number of halogens is 1. The van der Waals surface area contributed by atoms with Crippen LogP contribution in [0.15, 0.2) is 10.5 Å². The van der Waals surface area contributed by atoms with E-state index in [1.54, 1.807) is 0 Å². The molecule has 1 aromatic carbocycles. The molecule has 0 saturated heterocycles. The molecule has 0 saturated carbocycles. The highest BCUT2D eigenvalue weighted by atomic mass is 79.9. The molecule has 1 atom stereocenters. The minimum Gasteiger partial charge on any atom is -0.490 e. The van der Waals surface area contributed by atoms with Gasteiger partial charge in [-0.1, -0.05) is 26.2 Å². The van der Waals surface area contributed by atoms with Crippen LogP contribution in [-0.2, 0) is 0 Å². The number of carboxylic acid groups (broad SMARTS) is 2. The van der Waals surface area contributed by atoms with Crippen molar-refractivity contribution in [3.8, 4) is 11.5 Å². The van der Waals surface area contributed by atoms with Crippen LogP contribution in [0.4, 0.5) is 0 Å². The van der Waals surface area contributed by atoms with E-state index in [0.29, 0.717) is 6.61 Å². The number of ether oxygens (including phenoxy) is 2. The van der Waals surface area contributed by atoms with Gasteiger partial charge in [-0.2, -0.15) is 0 Å². The van der Waals surface area contributed by atoms with Crippen molar-refractivity contribution in [2.75, 3.05) is 13.2 Å². The highest BCUT2D eigenvalue weighted by Crippen LogP contribution is 2.40. The largest absolute Gasteiger partial charge is 0.490 e. The van der Waals surface area contributed by atoms with Crippen LogP contribution in [0, 0.1) is 0 Å². The molecule has 0 spiro atoms. The topological polar surface area (TPSA) is 113 Å². The van der Waals surface area contributed by atoms with Gasteiger partial charge in [0.1, 0.15) is 6.61 Å². The Balaban J connectivity index is 3.20. The van der Waals surface area contributed by atoms with Crippen molar-refractivity contribution in [1.29, 1.82) is 0 Å². The van der Waals surface area contributed by atoms with E-state index >= 15 is 0 Å². The lowest BCUT2D eigenvalue weighted by molar-refractivity contribution is 0.0648. The van der Waals surface area contributed by atoms with Crippen molar-refractivity contribution >= 4 is 27.9 Å². The summed E-state index contributed by atoms with van der Waals surface area (Å²) in [6, 6.07) is 1.15. The smallest absolute Gasteiger partial charge is 0.337 e. The zero-order valence-electron chi connectivity index (χ0n) is 14.2. The maximum absolute atomic E-state index is 11.4. The number of aromatic carboxylic acids is 2. The molecule has 3 N–H and O–H groups in total. The molecule has 0 amide bonds. The molecule has 7 nitrogen and oxygen atoms in total. The van der Waals surface area contributed by atoms with Gasteiger partial charge in [0.2, 0.25) is 0 Å². The van der Waals surface area contributed by atoms with Crippen molar-refractivity contribution in [1.82, 2.24) is 0 Å².